The molecule has 1 heterocycles. The molecule has 0 radical (unpaired) electrons. The molecule has 1 fully saturated rings. The van der Waals surface area contributed by atoms with Gasteiger partial charge in [-0.2, -0.15) is 5.26 Å². The molecule has 1 aliphatic heterocycles. The highest BCUT2D eigenvalue weighted by Crippen LogP contribution is 2.23. The number of hydrogen-bond acceptors (Lipinski definition) is 5. The van der Waals surface area contributed by atoms with Gasteiger partial charge >= 0.3 is 0 Å². The number of nitrogens with zero attached hydrogens (tertiary/aromatic N) is 2. The number of benzene rings is 3. The van der Waals surface area contributed by atoms with Gasteiger partial charge in [-0.15, -0.1) is 0 Å². The fourth-order valence-electron chi connectivity index (χ4n) is 3.55. The molecule has 33 heavy (non-hydrogen) atoms. The van der Waals surface area contributed by atoms with Crippen molar-refractivity contribution in [2.75, 3.05) is 36.5 Å². The average molecular weight is 440 g/mol. The Kier molecular flexibility index (Phi) is 7.36. The number of carbonyl (C=O) groups excluding carboxylic acids is 1. The van der Waals surface area contributed by atoms with Crippen LogP contribution in [0.15, 0.2) is 84.4 Å². The van der Waals surface area contributed by atoms with Crippen LogP contribution in [0.2, 0.25) is 0 Å². The Hall–Kier alpha value is -4.08. The molecule has 3 aromatic carbocycles. The van der Waals surface area contributed by atoms with E-state index in [2.05, 4.69) is 10.2 Å². The molecular formula is C27H25N3O3. The lowest BCUT2D eigenvalue weighted by atomic mass is 10.1. The Balaban J connectivity index is 1.44. The summed E-state index contributed by atoms with van der Waals surface area (Å²) in [5, 5.41) is 12.4. The number of amides is 1. The normalized spacial score (nSPS) is 13.8. The number of nitrogens with one attached hydrogen (secondary N) is 1. The third-order valence-corrected chi connectivity index (χ3v) is 5.32. The Morgan fingerprint density at radius 3 is 2.42 bits per heavy atom. The van der Waals surface area contributed by atoms with E-state index in [1.54, 1.807) is 6.08 Å². The molecule has 0 atom stereocenters. The molecule has 1 N–H and O–H groups in total. The van der Waals surface area contributed by atoms with Crippen LogP contribution >= 0.6 is 0 Å². The summed E-state index contributed by atoms with van der Waals surface area (Å²) in [5.41, 5.74) is 3.42. The zero-order chi connectivity index (χ0) is 22.9. The van der Waals surface area contributed by atoms with Gasteiger partial charge in [0.1, 0.15) is 24.0 Å². The van der Waals surface area contributed by atoms with E-state index in [9.17, 15) is 10.1 Å². The molecule has 4 rings (SSSR count). The highest BCUT2D eigenvalue weighted by molar-refractivity contribution is 6.09. The van der Waals surface area contributed by atoms with Crippen molar-refractivity contribution in [1.82, 2.24) is 0 Å². The molecule has 6 heteroatoms. The monoisotopic (exact) mass is 439 g/mol. The molecule has 0 bridgehead atoms. The first-order valence-electron chi connectivity index (χ1n) is 10.8. The Morgan fingerprint density at radius 1 is 1.00 bits per heavy atom. The molecule has 6 nitrogen and oxygen atoms in total. The minimum atomic E-state index is -0.463. The van der Waals surface area contributed by atoms with Crippen molar-refractivity contribution in [2.24, 2.45) is 0 Å². The van der Waals surface area contributed by atoms with Gasteiger partial charge in [-0.1, -0.05) is 48.5 Å². The lowest BCUT2D eigenvalue weighted by molar-refractivity contribution is -0.112. The second-order valence-corrected chi connectivity index (χ2v) is 7.58. The van der Waals surface area contributed by atoms with Crippen molar-refractivity contribution in [3.05, 3.63) is 95.6 Å². The SMILES string of the molecule is N#C/C(=C\c1ccccc1OCc1ccccc1)C(=O)Nc1ccc(N2CCOCC2)cc1. The predicted octanol–water partition coefficient (Wildman–Crippen LogP) is 4.65. The van der Waals surface area contributed by atoms with E-state index < -0.39 is 5.91 Å². The number of carbonyl (C=O) groups is 1. The molecule has 166 valence electrons. The van der Waals surface area contributed by atoms with E-state index in [1.165, 1.54) is 0 Å². The number of rotatable bonds is 7. The number of nitriles is 1. The molecule has 0 spiro atoms. The van der Waals surface area contributed by atoms with Gasteiger partial charge in [0.15, 0.2) is 0 Å². The van der Waals surface area contributed by atoms with Crippen LogP contribution < -0.4 is 15.0 Å². The van der Waals surface area contributed by atoms with E-state index >= 15 is 0 Å². The minimum absolute atomic E-state index is 0.00279. The maximum absolute atomic E-state index is 12.8. The van der Waals surface area contributed by atoms with Crippen molar-refractivity contribution < 1.29 is 14.3 Å². The third-order valence-electron chi connectivity index (χ3n) is 5.32. The van der Waals surface area contributed by atoms with Gasteiger partial charge in [-0.3, -0.25) is 4.79 Å². The Labute approximate surface area is 193 Å². The van der Waals surface area contributed by atoms with Crippen LogP contribution in [-0.2, 0) is 16.1 Å². The van der Waals surface area contributed by atoms with Crippen molar-refractivity contribution in [1.29, 1.82) is 5.26 Å². The Bertz CT molecular complexity index is 1150. The van der Waals surface area contributed by atoms with Gasteiger partial charge in [0.05, 0.1) is 13.2 Å². The summed E-state index contributed by atoms with van der Waals surface area (Å²) in [4.78, 5) is 15.0. The van der Waals surface area contributed by atoms with Crippen LogP contribution in [-0.4, -0.2) is 32.2 Å². The molecule has 1 saturated heterocycles. The van der Waals surface area contributed by atoms with Gasteiger partial charge in [-0.05, 0) is 42.0 Å². The number of para-hydroxylation sites is 1. The van der Waals surface area contributed by atoms with E-state index in [1.807, 2.05) is 84.9 Å². The van der Waals surface area contributed by atoms with Crippen LogP contribution in [0.5, 0.6) is 5.75 Å². The second-order valence-electron chi connectivity index (χ2n) is 7.58. The highest BCUT2D eigenvalue weighted by atomic mass is 16.5. The summed E-state index contributed by atoms with van der Waals surface area (Å²) in [7, 11) is 0. The molecule has 1 amide bonds. The smallest absolute Gasteiger partial charge is 0.266 e. The topological polar surface area (TPSA) is 74.6 Å². The summed E-state index contributed by atoms with van der Waals surface area (Å²) < 4.78 is 11.3. The van der Waals surface area contributed by atoms with E-state index in [-0.39, 0.29) is 5.57 Å². The predicted molar refractivity (Wildman–Crippen MR) is 129 cm³/mol. The van der Waals surface area contributed by atoms with Crippen molar-refractivity contribution >= 4 is 23.4 Å². The maximum atomic E-state index is 12.8. The van der Waals surface area contributed by atoms with Gasteiger partial charge in [0, 0.05) is 30.0 Å². The summed E-state index contributed by atoms with van der Waals surface area (Å²) in [6, 6.07) is 26.8. The van der Waals surface area contributed by atoms with E-state index in [0.29, 0.717) is 36.8 Å². The van der Waals surface area contributed by atoms with Crippen molar-refractivity contribution in [3.8, 4) is 11.8 Å². The minimum Gasteiger partial charge on any atom is -0.488 e. The lowest BCUT2D eigenvalue weighted by Gasteiger charge is -2.28. The zero-order valence-electron chi connectivity index (χ0n) is 18.2. The number of anilines is 2. The number of hydrogen-bond donors (Lipinski definition) is 1. The fourth-order valence-corrected chi connectivity index (χ4v) is 3.55. The average Bonchev–Trinajstić information content (AvgIpc) is 2.88. The summed E-state index contributed by atoms with van der Waals surface area (Å²) in [6.07, 6.45) is 1.55. The zero-order valence-corrected chi connectivity index (χ0v) is 18.2. The quantitative estimate of drug-likeness (QED) is 0.429. The van der Waals surface area contributed by atoms with Crippen LogP contribution in [0.25, 0.3) is 6.08 Å². The van der Waals surface area contributed by atoms with Crippen LogP contribution in [0.3, 0.4) is 0 Å². The van der Waals surface area contributed by atoms with Gasteiger partial charge < -0.3 is 19.7 Å². The van der Waals surface area contributed by atoms with Crippen LogP contribution in [0, 0.1) is 11.3 Å². The van der Waals surface area contributed by atoms with Crippen molar-refractivity contribution in [3.63, 3.8) is 0 Å². The van der Waals surface area contributed by atoms with Gasteiger partial charge in [-0.25, -0.2) is 0 Å². The summed E-state index contributed by atoms with van der Waals surface area (Å²) >= 11 is 0. The first kappa shape index (κ1) is 22.1. The molecule has 3 aromatic rings. The highest BCUT2D eigenvalue weighted by Gasteiger charge is 2.13. The first-order chi connectivity index (χ1) is 16.2. The third kappa shape index (κ3) is 6.00. The number of ether oxygens (including phenoxy) is 2. The molecular weight excluding hydrogens is 414 g/mol. The van der Waals surface area contributed by atoms with Crippen LogP contribution in [0.1, 0.15) is 11.1 Å². The fraction of sp³-hybridized carbons (Fsp3) is 0.185. The van der Waals surface area contributed by atoms with Gasteiger partial charge in [0.2, 0.25) is 0 Å². The van der Waals surface area contributed by atoms with Gasteiger partial charge in [0.25, 0.3) is 5.91 Å². The van der Waals surface area contributed by atoms with Crippen molar-refractivity contribution in [2.45, 2.75) is 6.61 Å². The molecule has 0 aromatic heterocycles. The molecule has 0 unspecified atom stereocenters. The second kappa shape index (κ2) is 11.0. The number of morpholine rings is 1. The largest absolute Gasteiger partial charge is 0.488 e. The van der Waals surface area contributed by atoms with Crippen LogP contribution in [0.4, 0.5) is 11.4 Å². The lowest BCUT2D eigenvalue weighted by Crippen LogP contribution is -2.36. The maximum Gasteiger partial charge on any atom is 0.266 e. The first-order valence-corrected chi connectivity index (χ1v) is 10.8. The summed E-state index contributed by atoms with van der Waals surface area (Å²) in [6.45, 7) is 3.52. The summed E-state index contributed by atoms with van der Waals surface area (Å²) in [5.74, 6) is 0.145. The molecule has 1 aliphatic rings. The molecule has 0 aliphatic carbocycles. The standard InChI is InChI=1S/C27H25N3O3/c28-19-23(18-22-8-4-5-9-26(22)33-20-21-6-2-1-3-7-21)27(31)29-24-10-12-25(13-11-24)30-14-16-32-17-15-30/h1-13,18H,14-17,20H2,(H,29,31)/b23-18+. The van der Waals surface area contributed by atoms with E-state index in [4.69, 9.17) is 9.47 Å². The molecule has 0 saturated carbocycles. The Morgan fingerprint density at radius 2 is 1.70 bits per heavy atom. The van der Waals surface area contributed by atoms with E-state index in [0.717, 1.165) is 24.3 Å².